The van der Waals surface area contributed by atoms with Gasteiger partial charge in [-0.15, -0.1) is 0 Å². The summed E-state index contributed by atoms with van der Waals surface area (Å²) >= 11 is 0. The molecule has 5 nitrogen and oxygen atoms in total. The van der Waals surface area contributed by atoms with E-state index in [1.165, 1.54) is 0 Å². The summed E-state index contributed by atoms with van der Waals surface area (Å²) in [5.41, 5.74) is 0. The van der Waals surface area contributed by atoms with Crippen LogP contribution in [0, 0.1) is 0 Å². The van der Waals surface area contributed by atoms with Crippen LogP contribution in [0.25, 0.3) is 0 Å². The Morgan fingerprint density at radius 3 is 2.53 bits per heavy atom. The quantitative estimate of drug-likeness (QED) is 0.744. The van der Waals surface area contributed by atoms with Gasteiger partial charge in [-0.05, 0) is 38.5 Å². The molecule has 98 valence electrons. The topological polar surface area (TPSA) is 64.8 Å². The summed E-state index contributed by atoms with van der Waals surface area (Å²) in [6.45, 7) is 0.720. The Morgan fingerprint density at radius 1 is 1.29 bits per heavy atom. The maximum atomic E-state index is 12.1. The number of amides is 1. The van der Waals surface area contributed by atoms with Gasteiger partial charge >= 0.3 is 0 Å². The highest BCUT2D eigenvalue weighted by Gasteiger charge is 2.32. The van der Waals surface area contributed by atoms with E-state index < -0.39 is 0 Å². The lowest BCUT2D eigenvalue weighted by atomic mass is 9.92. The number of carbonyl (C=O) groups is 1. The minimum Gasteiger partial charge on any atom is -0.368 e. The lowest BCUT2D eigenvalue weighted by Crippen LogP contribution is -2.45. The van der Waals surface area contributed by atoms with Crippen molar-refractivity contribution in [3.8, 4) is 0 Å². The molecule has 0 radical (unpaired) electrons. The van der Waals surface area contributed by atoms with Gasteiger partial charge in [0, 0.05) is 19.7 Å². The van der Waals surface area contributed by atoms with Crippen LogP contribution in [0.2, 0.25) is 0 Å². The van der Waals surface area contributed by atoms with Crippen LogP contribution < -0.4 is 5.90 Å². The molecule has 0 aromatic heterocycles. The number of nitrogens with two attached hydrogens (primary N) is 1. The molecule has 0 aromatic rings. The van der Waals surface area contributed by atoms with Crippen molar-refractivity contribution in [2.24, 2.45) is 5.90 Å². The molecule has 5 heteroatoms. The van der Waals surface area contributed by atoms with Gasteiger partial charge in [0.1, 0.15) is 6.10 Å². The molecule has 1 atom stereocenters. The zero-order valence-corrected chi connectivity index (χ0v) is 10.4. The van der Waals surface area contributed by atoms with Crippen molar-refractivity contribution >= 4 is 5.91 Å². The van der Waals surface area contributed by atoms with E-state index in [1.807, 2.05) is 11.9 Å². The van der Waals surface area contributed by atoms with E-state index in [0.717, 1.165) is 45.1 Å². The van der Waals surface area contributed by atoms with Gasteiger partial charge in [-0.1, -0.05) is 0 Å². The van der Waals surface area contributed by atoms with Crippen LogP contribution in [-0.2, 0) is 14.4 Å². The van der Waals surface area contributed by atoms with Crippen molar-refractivity contribution in [3.63, 3.8) is 0 Å². The summed E-state index contributed by atoms with van der Waals surface area (Å²) < 4.78 is 5.43. The van der Waals surface area contributed by atoms with Crippen molar-refractivity contribution < 1.29 is 14.4 Å². The largest absolute Gasteiger partial charge is 0.368 e. The van der Waals surface area contributed by atoms with Crippen molar-refractivity contribution in [2.75, 3.05) is 13.7 Å². The molecule has 0 bridgehead atoms. The second-order valence-corrected chi connectivity index (χ2v) is 5.02. The zero-order valence-electron chi connectivity index (χ0n) is 10.4. The minimum atomic E-state index is -0.205. The molecule has 1 unspecified atom stereocenters. The van der Waals surface area contributed by atoms with E-state index in [4.69, 9.17) is 15.5 Å². The smallest absolute Gasteiger partial charge is 0.251 e. The van der Waals surface area contributed by atoms with E-state index in [-0.39, 0.29) is 18.1 Å². The molecule has 1 amide bonds. The average molecular weight is 242 g/mol. The fraction of sp³-hybridized carbons (Fsp3) is 0.917. The van der Waals surface area contributed by atoms with Crippen LogP contribution in [0.15, 0.2) is 0 Å². The van der Waals surface area contributed by atoms with Gasteiger partial charge in [0.2, 0.25) is 0 Å². The second kappa shape index (κ2) is 5.80. The third-order valence-electron chi connectivity index (χ3n) is 3.94. The Morgan fingerprint density at radius 2 is 2.00 bits per heavy atom. The lowest BCUT2D eigenvalue weighted by molar-refractivity contribution is -0.143. The van der Waals surface area contributed by atoms with Gasteiger partial charge < -0.3 is 14.5 Å². The van der Waals surface area contributed by atoms with Crippen LogP contribution in [0.1, 0.15) is 38.5 Å². The molecule has 1 aliphatic heterocycles. The molecule has 1 saturated heterocycles. The molecule has 2 N–H and O–H groups in total. The van der Waals surface area contributed by atoms with Gasteiger partial charge in [-0.25, -0.2) is 5.90 Å². The fourth-order valence-electron chi connectivity index (χ4n) is 2.75. The highest BCUT2D eigenvalue weighted by Crippen LogP contribution is 2.25. The van der Waals surface area contributed by atoms with Crippen LogP contribution in [0.5, 0.6) is 0 Å². The number of hydrogen-bond donors (Lipinski definition) is 1. The van der Waals surface area contributed by atoms with E-state index in [0.29, 0.717) is 6.04 Å². The normalized spacial score (nSPS) is 33.6. The summed E-state index contributed by atoms with van der Waals surface area (Å²) in [5.74, 6) is 5.32. The number of rotatable bonds is 3. The highest BCUT2D eigenvalue weighted by atomic mass is 16.6. The van der Waals surface area contributed by atoms with Crippen molar-refractivity contribution in [1.82, 2.24) is 4.90 Å². The summed E-state index contributed by atoms with van der Waals surface area (Å²) in [6.07, 6.45) is 5.63. The third kappa shape index (κ3) is 2.97. The number of nitrogens with zero attached hydrogens (tertiary/aromatic N) is 1. The summed E-state index contributed by atoms with van der Waals surface area (Å²) in [7, 11) is 1.89. The number of hydrogen-bond acceptors (Lipinski definition) is 4. The molecule has 0 spiro atoms. The molecular formula is C12H22N2O3. The first kappa shape index (κ1) is 12.8. The SMILES string of the molecule is CN(C(=O)C1CCCO1)C1CCC(ON)CC1. The predicted octanol–water partition coefficient (Wildman–Crippen LogP) is 0.825. The summed E-state index contributed by atoms with van der Waals surface area (Å²) in [5, 5.41) is 0. The van der Waals surface area contributed by atoms with Crippen molar-refractivity contribution in [1.29, 1.82) is 0 Å². The van der Waals surface area contributed by atoms with E-state index >= 15 is 0 Å². The van der Waals surface area contributed by atoms with Crippen molar-refractivity contribution in [3.05, 3.63) is 0 Å². The maximum Gasteiger partial charge on any atom is 0.251 e. The molecule has 1 saturated carbocycles. The van der Waals surface area contributed by atoms with Gasteiger partial charge in [-0.2, -0.15) is 0 Å². The van der Waals surface area contributed by atoms with Crippen molar-refractivity contribution in [2.45, 2.75) is 56.8 Å². The van der Waals surface area contributed by atoms with Crippen LogP contribution >= 0.6 is 0 Å². The van der Waals surface area contributed by atoms with Crippen LogP contribution in [0.4, 0.5) is 0 Å². The fourth-order valence-corrected chi connectivity index (χ4v) is 2.75. The molecule has 2 rings (SSSR count). The highest BCUT2D eigenvalue weighted by molar-refractivity contribution is 5.81. The predicted molar refractivity (Wildman–Crippen MR) is 63.1 cm³/mol. The monoisotopic (exact) mass is 242 g/mol. The molecular weight excluding hydrogens is 220 g/mol. The third-order valence-corrected chi connectivity index (χ3v) is 3.94. The maximum absolute atomic E-state index is 12.1. The van der Waals surface area contributed by atoms with Gasteiger partial charge in [0.25, 0.3) is 5.91 Å². The number of likely N-dealkylation sites (N-methyl/N-ethyl adjacent to an activating group) is 1. The summed E-state index contributed by atoms with van der Waals surface area (Å²) in [4.78, 5) is 18.9. The van der Waals surface area contributed by atoms with Gasteiger partial charge in [-0.3, -0.25) is 4.79 Å². The molecule has 2 fully saturated rings. The number of carbonyl (C=O) groups excluding carboxylic acids is 1. The Kier molecular flexibility index (Phi) is 4.36. The van der Waals surface area contributed by atoms with Gasteiger partial charge in [0.15, 0.2) is 0 Å². The van der Waals surface area contributed by atoms with Crippen LogP contribution in [-0.4, -0.2) is 42.7 Å². The molecule has 1 heterocycles. The Balaban J connectivity index is 1.83. The first-order chi connectivity index (χ1) is 8.22. The van der Waals surface area contributed by atoms with E-state index in [2.05, 4.69) is 0 Å². The Hall–Kier alpha value is -0.650. The lowest BCUT2D eigenvalue weighted by Gasteiger charge is -2.34. The first-order valence-corrected chi connectivity index (χ1v) is 6.46. The van der Waals surface area contributed by atoms with Crippen LogP contribution in [0.3, 0.4) is 0 Å². The average Bonchev–Trinajstić information content (AvgIpc) is 2.91. The summed E-state index contributed by atoms with van der Waals surface area (Å²) in [6, 6.07) is 0.318. The Labute approximate surface area is 102 Å². The molecule has 1 aliphatic carbocycles. The standard InChI is InChI=1S/C12H22N2O3/c1-14(12(15)11-3-2-8-16-11)9-4-6-10(17-13)7-5-9/h9-11H,2-8,13H2,1H3. The van der Waals surface area contributed by atoms with E-state index in [1.54, 1.807) is 0 Å². The minimum absolute atomic E-state index is 0.139. The Bertz CT molecular complexity index is 258. The number of ether oxygens (including phenoxy) is 1. The molecule has 0 aromatic carbocycles. The first-order valence-electron chi connectivity index (χ1n) is 6.46. The van der Waals surface area contributed by atoms with E-state index in [9.17, 15) is 4.79 Å². The molecule has 2 aliphatic rings. The zero-order chi connectivity index (χ0) is 12.3. The van der Waals surface area contributed by atoms with Gasteiger partial charge in [0.05, 0.1) is 6.10 Å². The second-order valence-electron chi connectivity index (χ2n) is 5.02. The molecule has 17 heavy (non-hydrogen) atoms.